The van der Waals surface area contributed by atoms with E-state index in [4.69, 9.17) is 21.4 Å². The highest BCUT2D eigenvalue weighted by Gasteiger charge is 2.30. The number of ether oxygens (including phenoxy) is 1. The number of fused-ring (bicyclic) bond motifs is 1. The van der Waals surface area contributed by atoms with E-state index in [0.29, 0.717) is 31.3 Å². The molecule has 214 valence electrons. The molecule has 0 saturated heterocycles. The van der Waals surface area contributed by atoms with Crippen molar-refractivity contribution in [3.05, 3.63) is 144 Å². The molecule has 5 aromatic rings. The maximum Gasteiger partial charge on any atom is 0.338 e. The second-order valence-corrected chi connectivity index (χ2v) is 11.3. The fraction of sp³-hybridized carbons (Fsp3) is 0.118. The zero-order valence-corrected chi connectivity index (χ0v) is 25.0. The molecule has 0 fully saturated rings. The summed E-state index contributed by atoms with van der Waals surface area (Å²) < 4.78 is 9.21. The van der Waals surface area contributed by atoms with Gasteiger partial charge < -0.3 is 4.74 Å². The van der Waals surface area contributed by atoms with Crippen molar-refractivity contribution in [2.24, 2.45) is 4.99 Å². The molecule has 0 aliphatic carbocycles. The number of hydrogen-bond acceptors (Lipinski definition) is 6. The molecule has 0 spiro atoms. The van der Waals surface area contributed by atoms with Gasteiger partial charge in [0.1, 0.15) is 5.69 Å². The molecule has 0 amide bonds. The van der Waals surface area contributed by atoms with Crippen LogP contribution in [0.25, 0.3) is 29.1 Å². The van der Waals surface area contributed by atoms with E-state index in [2.05, 4.69) is 4.99 Å². The van der Waals surface area contributed by atoms with E-state index in [9.17, 15) is 9.59 Å². The van der Waals surface area contributed by atoms with Crippen LogP contribution in [0.15, 0.2) is 118 Å². The van der Waals surface area contributed by atoms with Gasteiger partial charge in [-0.15, -0.1) is 0 Å². The number of thiazole rings is 1. The predicted molar refractivity (Wildman–Crippen MR) is 171 cm³/mol. The van der Waals surface area contributed by atoms with Crippen molar-refractivity contribution in [2.75, 3.05) is 6.61 Å². The van der Waals surface area contributed by atoms with Gasteiger partial charge in [-0.2, -0.15) is 5.10 Å². The highest BCUT2D eigenvalue weighted by Crippen LogP contribution is 2.28. The number of esters is 1. The summed E-state index contributed by atoms with van der Waals surface area (Å²) >= 11 is 7.44. The van der Waals surface area contributed by atoms with Gasteiger partial charge in [-0.3, -0.25) is 9.36 Å². The van der Waals surface area contributed by atoms with Gasteiger partial charge in [-0.25, -0.2) is 14.5 Å². The maximum absolute atomic E-state index is 14.1. The predicted octanol–water partition coefficient (Wildman–Crippen LogP) is 5.97. The molecule has 6 rings (SSSR count). The molecule has 3 heterocycles. The largest absolute Gasteiger partial charge is 0.463 e. The van der Waals surface area contributed by atoms with Gasteiger partial charge in [-0.05, 0) is 49.8 Å². The van der Waals surface area contributed by atoms with Crippen LogP contribution in [0.3, 0.4) is 0 Å². The summed E-state index contributed by atoms with van der Waals surface area (Å²) in [5, 5.41) is 5.49. The van der Waals surface area contributed by atoms with Crippen molar-refractivity contribution < 1.29 is 9.53 Å². The summed E-state index contributed by atoms with van der Waals surface area (Å²) in [7, 11) is 0. The second kappa shape index (κ2) is 12.2. The number of allylic oxidation sites excluding steroid dienone is 2. The molecule has 1 aliphatic heterocycles. The topological polar surface area (TPSA) is 78.5 Å². The van der Waals surface area contributed by atoms with Gasteiger partial charge >= 0.3 is 5.97 Å². The van der Waals surface area contributed by atoms with Crippen LogP contribution < -0.4 is 14.9 Å². The van der Waals surface area contributed by atoms with E-state index in [1.165, 1.54) is 11.3 Å². The van der Waals surface area contributed by atoms with Crippen molar-refractivity contribution in [3.8, 4) is 16.9 Å². The van der Waals surface area contributed by atoms with Crippen LogP contribution in [-0.2, 0) is 9.53 Å². The van der Waals surface area contributed by atoms with Gasteiger partial charge in [0.2, 0.25) is 0 Å². The Morgan fingerprint density at radius 1 is 1.02 bits per heavy atom. The molecular weight excluding hydrogens is 580 g/mol. The van der Waals surface area contributed by atoms with Crippen molar-refractivity contribution in [1.29, 1.82) is 0 Å². The second-order valence-electron chi connectivity index (χ2n) is 9.83. The highest BCUT2D eigenvalue weighted by molar-refractivity contribution is 7.07. The van der Waals surface area contributed by atoms with E-state index >= 15 is 0 Å². The van der Waals surface area contributed by atoms with Gasteiger partial charge in [-0.1, -0.05) is 95.8 Å². The van der Waals surface area contributed by atoms with E-state index in [1.54, 1.807) is 23.1 Å². The smallest absolute Gasteiger partial charge is 0.338 e. The third-order valence-corrected chi connectivity index (χ3v) is 8.23. The molecule has 2 aromatic heterocycles. The Hall–Kier alpha value is -4.79. The van der Waals surface area contributed by atoms with Crippen LogP contribution in [0.2, 0.25) is 5.02 Å². The van der Waals surface area contributed by atoms with Crippen LogP contribution >= 0.6 is 22.9 Å². The van der Waals surface area contributed by atoms with E-state index in [-0.39, 0.29) is 12.2 Å². The molecule has 3 aromatic carbocycles. The summed E-state index contributed by atoms with van der Waals surface area (Å²) in [6.45, 7) is 3.75. The van der Waals surface area contributed by atoms with Crippen molar-refractivity contribution >= 4 is 41.1 Å². The standard InChI is InChI=1S/C34H27ClN4O3S/c1-3-42-33(41)30-22(2)36-34-39(28(30)19-14-23-10-6-4-7-11-23)32(40)29(43-34)20-25-21-38(27-12-8-5-9-13-27)37-31(25)24-15-17-26(35)18-16-24/h4-21,28H,3H2,1-2H3/b19-14+,29-20-/t28-/m0/s1. The number of carbonyl (C=O) groups excluding carboxylic acids is 1. The summed E-state index contributed by atoms with van der Waals surface area (Å²) in [4.78, 5) is 32.3. The number of halogens is 1. The molecule has 1 aliphatic rings. The lowest BCUT2D eigenvalue weighted by molar-refractivity contribution is -0.139. The Kier molecular flexibility index (Phi) is 8.05. The molecule has 0 radical (unpaired) electrons. The molecule has 7 nitrogen and oxygen atoms in total. The molecule has 0 N–H and O–H groups in total. The Morgan fingerprint density at radius 3 is 2.42 bits per heavy atom. The molecule has 0 unspecified atom stereocenters. The molecule has 1 atom stereocenters. The van der Waals surface area contributed by atoms with Gasteiger partial charge in [0.15, 0.2) is 4.80 Å². The average Bonchev–Trinajstić information content (AvgIpc) is 3.57. The fourth-order valence-corrected chi connectivity index (χ4v) is 6.13. The van der Waals surface area contributed by atoms with Crippen molar-refractivity contribution in [3.63, 3.8) is 0 Å². The Balaban J connectivity index is 1.52. The number of benzene rings is 3. The van der Waals surface area contributed by atoms with Gasteiger partial charge in [0.25, 0.3) is 5.56 Å². The van der Waals surface area contributed by atoms with Crippen LogP contribution in [0.1, 0.15) is 31.0 Å². The van der Waals surface area contributed by atoms with Crippen LogP contribution in [0, 0.1) is 0 Å². The minimum Gasteiger partial charge on any atom is -0.463 e. The van der Waals surface area contributed by atoms with E-state index in [0.717, 1.165) is 22.4 Å². The third-order valence-electron chi connectivity index (χ3n) is 7.00. The van der Waals surface area contributed by atoms with Crippen molar-refractivity contribution in [1.82, 2.24) is 14.3 Å². The van der Waals surface area contributed by atoms with E-state index in [1.807, 2.05) is 109 Å². The fourth-order valence-electron chi connectivity index (χ4n) is 4.96. The number of para-hydroxylation sites is 1. The Morgan fingerprint density at radius 2 is 1.72 bits per heavy atom. The summed E-state index contributed by atoms with van der Waals surface area (Å²) in [6.07, 6.45) is 7.50. The molecule has 9 heteroatoms. The lowest BCUT2D eigenvalue weighted by Crippen LogP contribution is -2.38. The molecule has 43 heavy (non-hydrogen) atoms. The number of aromatic nitrogens is 3. The number of carbonyl (C=O) groups is 1. The first-order chi connectivity index (χ1) is 20.9. The SMILES string of the molecule is CCOC(=O)C1=C(C)N=c2s/c(=C\c3cn(-c4ccccc4)nc3-c3ccc(Cl)cc3)c(=O)n2[C@H]1/C=C/c1ccccc1. The molecular formula is C34H27ClN4O3S. The highest BCUT2D eigenvalue weighted by atomic mass is 35.5. The Labute approximate surface area is 257 Å². The van der Waals surface area contributed by atoms with Gasteiger partial charge in [0.05, 0.1) is 34.1 Å². The van der Waals surface area contributed by atoms with Crippen molar-refractivity contribution in [2.45, 2.75) is 19.9 Å². The molecule has 0 bridgehead atoms. The first kappa shape index (κ1) is 28.3. The number of rotatable bonds is 7. The van der Waals surface area contributed by atoms with E-state index < -0.39 is 12.0 Å². The summed E-state index contributed by atoms with van der Waals surface area (Å²) in [5.41, 5.74) is 4.77. The normalized spacial score (nSPS) is 15.0. The lowest BCUT2D eigenvalue weighted by atomic mass is 10.0. The number of nitrogens with zero attached hydrogens (tertiary/aromatic N) is 4. The zero-order chi connectivity index (χ0) is 29.9. The van der Waals surface area contributed by atoms with Crippen LogP contribution in [0.5, 0.6) is 0 Å². The summed E-state index contributed by atoms with van der Waals surface area (Å²) in [5.74, 6) is -0.491. The number of hydrogen-bond donors (Lipinski definition) is 0. The minimum absolute atomic E-state index is 0.216. The minimum atomic E-state index is -0.680. The average molecular weight is 607 g/mol. The monoisotopic (exact) mass is 606 g/mol. The van der Waals surface area contributed by atoms with Gasteiger partial charge in [0, 0.05) is 22.3 Å². The Bertz CT molecular complexity index is 2040. The maximum atomic E-state index is 14.1. The quantitative estimate of drug-likeness (QED) is 0.214. The molecule has 0 saturated carbocycles. The summed E-state index contributed by atoms with van der Waals surface area (Å²) in [6, 6.07) is 26.3. The first-order valence-corrected chi connectivity index (χ1v) is 15.0. The van der Waals surface area contributed by atoms with Crippen LogP contribution in [-0.4, -0.2) is 26.9 Å². The third kappa shape index (κ3) is 5.80. The zero-order valence-electron chi connectivity index (χ0n) is 23.5. The lowest BCUT2D eigenvalue weighted by Gasteiger charge is -2.21. The first-order valence-electron chi connectivity index (χ1n) is 13.8. The van der Waals surface area contributed by atoms with Crippen LogP contribution in [0.4, 0.5) is 0 Å².